The molecule has 1 unspecified atom stereocenters. The third kappa shape index (κ3) is 18.4. The molecule has 2 amide bonds. The second-order valence-corrected chi connectivity index (χ2v) is 11.5. The minimum Gasteiger partial charge on any atom is -0.488 e. The summed E-state index contributed by atoms with van der Waals surface area (Å²) in [7, 11) is 0. The average molecular weight is 716 g/mol. The van der Waals surface area contributed by atoms with Crippen LogP contribution in [0.5, 0.6) is 5.75 Å². The molecule has 2 aromatic rings. The fourth-order valence-corrected chi connectivity index (χ4v) is 4.84. The highest BCUT2D eigenvalue weighted by Gasteiger charge is 2.21. The number of hydrogen-bond acceptors (Lipinski definition) is 10. The molecule has 1 heterocycles. The maximum absolute atomic E-state index is 12.6. The summed E-state index contributed by atoms with van der Waals surface area (Å²) in [6.07, 6.45) is 3.89. The Morgan fingerprint density at radius 2 is 1.46 bits per heavy atom. The predicted molar refractivity (Wildman–Crippen MR) is 183 cm³/mol. The Morgan fingerprint density at radius 3 is 2.04 bits per heavy atom. The van der Waals surface area contributed by atoms with Crippen LogP contribution in [0.4, 0.5) is 5.82 Å². The van der Waals surface area contributed by atoms with Crippen molar-refractivity contribution in [2.45, 2.75) is 52.0 Å². The standard InChI is InChI=1S/C33H48Cl2N4O9/c1-3-10-44-11-12-45-13-14-46-15-16-47-17-18-48-33-26(34)20-25(21-27(33)35)28(22-32(42)43)39-31(41)23-38-30(40)6-4-5-8-36-29-19-24(2)7-9-37-29/h7,9,19-21,28H,3-6,8,10-18,22-23H2,1-2H3,(H,36,37)(H,38,40)(H,39,41)(H,42,43). The SMILES string of the molecule is CCCOCCOCCOCCOCCOc1c(Cl)cc(C(CC(=O)O)NC(=O)CNC(=O)CCCCNc2cc(C)ccn2)cc1Cl. The van der Waals surface area contributed by atoms with Crippen LogP contribution in [0, 0.1) is 6.92 Å². The van der Waals surface area contributed by atoms with Crippen molar-refractivity contribution >= 4 is 46.8 Å². The van der Waals surface area contributed by atoms with E-state index in [0.717, 1.165) is 30.8 Å². The molecule has 0 fully saturated rings. The molecule has 0 aliphatic heterocycles. The lowest BCUT2D eigenvalue weighted by molar-refractivity contribution is -0.138. The number of aromatic nitrogens is 1. The zero-order valence-electron chi connectivity index (χ0n) is 27.7. The molecule has 1 aromatic carbocycles. The number of carboxylic acid groups (broad SMARTS) is 1. The van der Waals surface area contributed by atoms with Crippen molar-refractivity contribution in [2.24, 2.45) is 0 Å². The number of halogens is 2. The third-order valence-corrected chi connectivity index (χ3v) is 7.14. The van der Waals surface area contributed by atoms with Gasteiger partial charge >= 0.3 is 5.97 Å². The lowest BCUT2D eigenvalue weighted by Crippen LogP contribution is -2.39. The van der Waals surface area contributed by atoms with Crippen LogP contribution in [0.2, 0.25) is 10.0 Å². The molecule has 0 aliphatic rings. The monoisotopic (exact) mass is 714 g/mol. The Hall–Kier alpha value is -3.20. The van der Waals surface area contributed by atoms with Gasteiger partial charge in [0.05, 0.1) is 75.3 Å². The highest BCUT2D eigenvalue weighted by Crippen LogP contribution is 2.36. The Bertz CT molecular complexity index is 1230. The van der Waals surface area contributed by atoms with Gasteiger partial charge in [-0.1, -0.05) is 30.1 Å². The van der Waals surface area contributed by atoms with E-state index in [1.807, 2.05) is 19.1 Å². The fourth-order valence-electron chi connectivity index (χ4n) is 4.23. The van der Waals surface area contributed by atoms with Gasteiger partial charge in [-0.2, -0.15) is 0 Å². The van der Waals surface area contributed by atoms with Crippen LogP contribution in [-0.2, 0) is 33.3 Å². The summed E-state index contributed by atoms with van der Waals surface area (Å²) < 4.78 is 27.4. The van der Waals surface area contributed by atoms with E-state index in [2.05, 4.69) is 27.9 Å². The van der Waals surface area contributed by atoms with Gasteiger partial charge in [0.25, 0.3) is 0 Å². The molecule has 2 rings (SSSR count). The van der Waals surface area contributed by atoms with Crippen molar-refractivity contribution in [1.29, 1.82) is 0 Å². The number of pyridine rings is 1. The summed E-state index contributed by atoms with van der Waals surface area (Å²) in [6.45, 7) is 8.34. The van der Waals surface area contributed by atoms with Crippen molar-refractivity contribution in [2.75, 3.05) is 77.9 Å². The average Bonchev–Trinajstić information content (AvgIpc) is 3.04. The van der Waals surface area contributed by atoms with Crippen molar-refractivity contribution in [1.82, 2.24) is 15.6 Å². The number of rotatable bonds is 27. The fraction of sp³-hybridized carbons (Fsp3) is 0.576. The number of nitrogens with one attached hydrogen (secondary N) is 3. The maximum Gasteiger partial charge on any atom is 0.305 e. The van der Waals surface area contributed by atoms with Gasteiger partial charge in [-0.25, -0.2) is 4.98 Å². The number of amides is 2. The topological polar surface area (TPSA) is 167 Å². The molecule has 0 radical (unpaired) electrons. The van der Waals surface area contributed by atoms with Crippen LogP contribution in [-0.4, -0.2) is 100 Å². The molecule has 0 saturated carbocycles. The van der Waals surface area contributed by atoms with E-state index in [1.54, 1.807) is 6.20 Å². The number of anilines is 1. The van der Waals surface area contributed by atoms with Crippen molar-refractivity contribution < 1.29 is 43.2 Å². The van der Waals surface area contributed by atoms with Crippen LogP contribution in [0.1, 0.15) is 56.2 Å². The summed E-state index contributed by atoms with van der Waals surface area (Å²) in [5, 5.41) is 18.1. The van der Waals surface area contributed by atoms with Gasteiger partial charge in [0.2, 0.25) is 11.8 Å². The van der Waals surface area contributed by atoms with E-state index >= 15 is 0 Å². The van der Waals surface area contributed by atoms with E-state index < -0.39 is 24.3 Å². The number of aliphatic carboxylic acids is 1. The molecule has 0 saturated heterocycles. The van der Waals surface area contributed by atoms with E-state index in [-0.39, 0.29) is 47.9 Å². The van der Waals surface area contributed by atoms with Crippen LogP contribution < -0.4 is 20.7 Å². The third-order valence-electron chi connectivity index (χ3n) is 6.57. The Kier molecular flexibility index (Phi) is 21.2. The summed E-state index contributed by atoms with van der Waals surface area (Å²) in [4.78, 5) is 40.6. The molecule has 0 spiro atoms. The van der Waals surface area contributed by atoms with Gasteiger partial charge in [-0.15, -0.1) is 0 Å². The molecule has 13 nitrogen and oxygen atoms in total. The molecule has 48 heavy (non-hydrogen) atoms. The smallest absolute Gasteiger partial charge is 0.305 e. The number of ether oxygens (including phenoxy) is 5. The van der Waals surface area contributed by atoms with Gasteiger partial charge in [0.15, 0.2) is 5.75 Å². The van der Waals surface area contributed by atoms with Gasteiger partial charge in [-0.05, 0) is 61.6 Å². The maximum atomic E-state index is 12.6. The summed E-state index contributed by atoms with van der Waals surface area (Å²) in [5.41, 5.74) is 1.48. The molecule has 0 bridgehead atoms. The molecule has 4 N–H and O–H groups in total. The molecular formula is C33H48Cl2N4O9. The van der Waals surface area contributed by atoms with Crippen LogP contribution in [0.25, 0.3) is 0 Å². The first kappa shape index (κ1) is 41.0. The first-order valence-corrected chi connectivity index (χ1v) is 16.8. The molecular weight excluding hydrogens is 667 g/mol. The van der Waals surface area contributed by atoms with Crippen molar-refractivity contribution in [3.8, 4) is 5.75 Å². The molecule has 15 heteroatoms. The number of nitrogens with zero attached hydrogens (tertiary/aromatic N) is 1. The summed E-state index contributed by atoms with van der Waals surface area (Å²) >= 11 is 12.8. The van der Waals surface area contributed by atoms with Gasteiger partial charge in [0, 0.05) is 25.8 Å². The number of benzene rings is 1. The molecule has 1 aromatic heterocycles. The highest BCUT2D eigenvalue weighted by molar-refractivity contribution is 6.37. The number of carbonyl (C=O) groups excluding carboxylic acids is 2. The number of aryl methyl sites for hydroxylation is 1. The minimum absolute atomic E-state index is 0.145. The number of hydrogen-bond donors (Lipinski definition) is 4. The summed E-state index contributed by atoms with van der Waals surface area (Å²) in [6, 6.07) is 5.88. The van der Waals surface area contributed by atoms with Crippen LogP contribution in [0.15, 0.2) is 30.5 Å². The Labute approximate surface area is 292 Å². The number of carbonyl (C=O) groups is 3. The zero-order valence-corrected chi connectivity index (χ0v) is 29.2. The first-order chi connectivity index (χ1) is 23.2. The van der Waals surface area contributed by atoms with E-state index in [0.29, 0.717) is 58.2 Å². The second kappa shape index (κ2) is 24.9. The first-order valence-electron chi connectivity index (χ1n) is 16.1. The lowest BCUT2D eigenvalue weighted by Gasteiger charge is -2.20. The molecule has 0 aliphatic carbocycles. The van der Waals surface area contributed by atoms with Gasteiger partial charge in [-0.3, -0.25) is 14.4 Å². The van der Waals surface area contributed by atoms with E-state index in [1.165, 1.54) is 12.1 Å². The van der Waals surface area contributed by atoms with Crippen molar-refractivity contribution in [3.05, 3.63) is 51.6 Å². The van der Waals surface area contributed by atoms with Gasteiger partial charge in [0.1, 0.15) is 12.4 Å². The Morgan fingerprint density at radius 1 is 0.854 bits per heavy atom. The lowest BCUT2D eigenvalue weighted by atomic mass is 10.0. The van der Waals surface area contributed by atoms with Crippen LogP contribution in [0.3, 0.4) is 0 Å². The largest absolute Gasteiger partial charge is 0.488 e. The molecule has 1 atom stereocenters. The Balaban J connectivity index is 1.68. The number of unbranched alkanes of at least 4 members (excludes halogenated alkanes) is 1. The number of carboxylic acids is 1. The van der Waals surface area contributed by atoms with Crippen molar-refractivity contribution in [3.63, 3.8) is 0 Å². The zero-order chi connectivity index (χ0) is 35.0. The highest BCUT2D eigenvalue weighted by atomic mass is 35.5. The normalized spacial score (nSPS) is 11.6. The predicted octanol–water partition coefficient (Wildman–Crippen LogP) is 4.58. The quantitative estimate of drug-likeness (QED) is 0.0957. The van der Waals surface area contributed by atoms with E-state index in [9.17, 15) is 19.5 Å². The van der Waals surface area contributed by atoms with E-state index in [4.69, 9.17) is 46.9 Å². The molecule has 268 valence electrons. The second-order valence-electron chi connectivity index (χ2n) is 10.7. The van der Waals surface area contributed by atoms with Gasteiger partial charge < -0.3 is 44.7 Å². The summed E-state index contributed by atoms with van der Waals surface area (Å²) in [5.74, 6) is -0.995. The van der Waals surface area contributed by atoms with Crippen LogP contribution >= 0.6 is 23.2 Å². The minimum atomic E-state index is -1.14.